The van der Waals surface area contributed by atoms with Crippen molar-refractivity contribution >= 4 is 5.78 Å². The predicted octanol–water partition coefficient (Wildman–Crippen LogP) is 1.69. The molecule has 0 bridgehead atoms. The molecule has 1 aromatic heterocycles. The van der Waals surface area contributed by atoms with E-state index in [9.17, 15) is 9.59 Å². The first-order chi connectivity index (χ1) is 8.00. The molecule has 4 nitrogen and oxygen atoms in total. The van der Waals surface area contributed by atoms with Crippen molar-refractivity contribution in [3.8, 4) is 5.69 Å². The van der Waals surface area contributed by atoms with Gasteiger partial charge in [-0.25, -0.2) is 4.79 Å². The Morgan fingerprint density at radius 3 is 2.18 bits per heavy atom. The molecule has 0 atom stereocenters. The Morgan fingerprint density at radius 1 is 1.18 bits per heavy atom. The second kappa shape index (κ2) is 4.05. The summed E-state index contributed by atoms with van der Waals surface area (Å²) in [6.45, 7) is 3.40. The van der Waals surface area contributed by atoms with Gasteiger partial charge in [-0.2, -0.15) is 0 Å². The largest absolute Gasteiger partial charge is 0.332 e. The molecule has 0 aliphatic heterocycles. The van der Waals surface area contributed by atoms with E-state index in [0.717, 1.165) is 11.4 Å². The van der Waals surface area contributed by atoms with Crippen molar-refractivity contribution < 1.29 is 4.79 Å². The summed E-state index contributed by atoms with van der Waals surface area (Å²) in [6, 6.07) is 7.03. The number of carbonyl (C=O) groups is 1. The van der Waals surface area contributed by atoms with E-state index in [0.29, 0.717) is 5.56 Å². The molecule has 0 unspecified atom stereocenters. The molecule has 2 aromatic rings. The van der Waals surface area contributed by atoms with Crippen molar-refractivity contribution in [2.75, 3.05) is 0 Å². The van der Waals surface area contributed by atoms with Crippen LogP contribution in [0.25, 0.3) is 5.69 Å². The van der Waals surface area contributed by atoms with Crippen LogP contribution in [0.3, 0.4) is 0 Å². The molecule has 0 radical (unpaired) electrons. The van der Waals surface area contributed by atoms with Crippen molar-refractivity contribution in [2.24, 2.45) is 7.05 Å². The third kappa shape index (κ3) is 1.93. The van der Waals surface area contributed by atoms with Crippen LogP contribution in [0.4, 0.5) is 0 Å². The first-order valence-electron chi connectivity index (χ1n) is 5.37. The van der Waals surface area contributed by atoms with Gasteiger partial charge in [0.05, 0.1) is 5.69 Å². The first-order valence-corrected chi connectivity index (χ1v) is 5.37. The van der Waals surface area contributed by atoms with Gasteiger partial charge in [-0.05, 0) is 38.1 Å². The number of benzene rings is 1. The lowest BCUT2D eigenvalue weighted by Crippen LogP contribution is -2.21. The van der Waals surface area contributed by atoms with Crippen LogP contribution in [0, 0.1) is 6.92 Å². The molecule has 0 aliphatic carbocycles. The molecule has 17 heavy (non-hydrogen) atoms. The minimum Gasteiger partial charge on any atom is -0.302 e. The van der Waals surface area contributed by atoms with E-state index in [-0.39, 0.29) is 11.5 Å². The second-order valence-electron chi connectivity index (χ2n) is 4.10. The second-order valence-corrected chi connectivity index (χ2v) is 4.10. The number of rotatable bonds is 2. The summed E-state index contributed by atoms with van der Waals surface area (Å²) in [6.07, 6.45) is 1.78. The van der Waals surface area contributed by atoms with E-state index >= 15 is 0 Å². The number of hydrogen-bond acceptors (Lipinski definition) is 2. The fourth-order valence-electron chi connectivity index (χ4n) is 1.86. The SMILES string of the molecule is CC(=O)c1ccc(-n2c(C)cn(C)c2=O)cc1. The van der Waals surface area contributed by atoms with Crippen LogP contribution in [0.5, 0.6) is 0 Å². The summed E-state index contributed by atoms with van der Waals surface area (Å²) >= 11 is 0. The highest BCUT2D eigenvalue weighted by Gasteiger charge is 2.07. The Bertz CT molecular complexity index is 618. The molecule has 0 saturated carbocycles. The summed E-state index contributed by atoms with van der Waals surface area (Å²) in [5, 5.41) is 0. The average Bonchev–Trinajstić information content (AvgIpc) is 2.53. The van der Waals surface area contributed by atoms with Gasteiger partial charge in [0.1, 0.15) is 0 Å². The topological polar surface area (TPSA) is 44.0 Å². The molecule has 88 valence electrons. The summed E-state index contributed by atoms with van der Waals surface area (Å²) in [4.78, 5) is 23.0. The molecule has 0 aliphatic rings. The molecular weight excluding hydrogens is 216 g/mol. The normalized spacial score (nSPS) is 10.5. The number of nitrogens with zero attached hydrogens (tertiary/aromatic N) is 2. The number of carbonyl (C=O) groups excluding carboxylic acids is 1. The highest BCUT2D eigenvalue weighted by Crippen LogP contribution is 2.10. The minimum atomic E-state index is -0.0851. The van der Waals surface area contributed by atoms with Crippen molar-refractivity contribution in [3.63, 3.8) is 0 Å². The van der Waals surface area contributed by atoms with Crippen LogP contribution < -0.4 is 5.69 Å². The highest BCUT2D eigenvalue weighted by atomic mass is 16.1. The van der Waals surface area contributed by atoms with Gasteiger partial charge in [0.15, 0.2) is 5.78 Å². The van der Waals surface area contributed by atoms with E-state index in [2.05, 4.69) is 0 Å². The van der Waals surface area contributed by atoms with Crippen LogP contribution in [0.2, 0.25) is 0 Å². The van der Waals surface area contributed by atoms with Crippen molar-refractivity contribution in [1.29, 1.82) is 0 Å². The predicted molar refractivity (Wildman–Crippen MR) is 65.8 cm³/mol. The Labute approximate surface area is 99.1 Å². The zero-order valence-electron chi connectivity index (χ0n) is 10.1. The van der Waals surface area contributed by atoms with Crippen LogP contribution >= 0.6 is 0 Å². The van der Waals surface area contributed by atoms with Gasteiger partial charge in [-0.15, -0.1) is 0 Å². The van der Waals surface area contributed by atoms with Crippen LogP contribution in [0.1, 0.15) is 23.0 Å². The maximum atomic E-state index is 11.9. The minimum absolute atomic E-state index is 0.0219. The Morgan fingerprint density at radius 2 is 1.76 bits per heavy atom. The number of aromatic nitrogens is 2. The van der Waals surface area contributed by atoms with Gasteiger partial charge in [0, 0.05) is 24.5 Å². The Hall–Kier alpha value is -2.10. The van der Waals surface area contributed by atoms with E-state index in [4.69, 9.17) is 0 Å². The molecular formula is C13H14N2O2. The van der Waals surface area contributed by atoms with E-state index in [1.54, 1.807) is 42.1 Å². The molecule has 4 heteroatoms. The van der Waals surface area contributed by atoms with Crippen LogP contribution in [-0.2, 0) is 7.05 Å². The fraction of sp³-hybridized carbons (Fsp3) is 0.231. The van der Waals surface area contributed by atoms with Gasteiger partial charge in [-0.3, -0.25) is 9.36 Å². The van der Waals surface area contributed by atoms with E-state index < -0.39 is 0 Å². The molecule has 2 rings (SSSR count). The lowest BCUT2D eigenvalue weighted by molar-refractivity contribution is 0.101. The number of imidazole rings is 1. The maximum absolute atomic E-state index is 11.9. The Kier molecular flexibility index (Phi) is 2.71. The average molecular weight is 230 g/mol. The zero-order chi connectivity index (χ0) is 12.6. The highest BCUT2D eigenvalue weighted by molar-refractivity contribution is 5.94. The molecule has 0 saturated heterocycles. The summed E-state index contributed by atoms with van der Waals surface area (Å²) in [5.74, 6) is 0.0219. The summed E-state index contributed by atoms with van der Waals surface area (Å²) in [5.41, 5.74) is 2.21. The molecule has 0 N–H and O–H groups in total. The number of aryl methyl sites for hydroxylation is 2. The molecule has 1 aromatic carbocycles. The Balaban J connectivity index is 2.54. The van der Waals surface area contributed by atoms with Crippen molar-refractivity contribution in [3.05, 3.63) is 52.2 Å². The zero-order valence-corrected chi connectivity index (χ0v) is 10.1. The number of hydrogen-bond donors (Lipinski definition) is 0. The quantitative estimate of drug-likeness (QED) is 0.737. The van der Waals surface area contributed by atoms with Crippen molar-refractivity contribution in [1.82, 2.24) is 9.13 Å². The molecule has 0 fully saturated rings. The molecule has 1 heterocycles. The van der Waals surface area contributed by atoms with Gasteiger partial charge >= 0.3 is 5.69 Å². The number of ketones is 1. The van der Waals surface area contributed by atoms with Gasteiger partial charge < -0.3 is 4.57 Å². The third-order valence-electron chi connectivity index (χ3n) is 2.76. The summed E-state index contributed by atoms with van der Waals surface area (Å²) in [7, 11) is 1.72. The molecule has 0 amide bonds. The lowest BCUT2D eigenvalue weighted by Gasteiger charge is -2.04. The van der Waals surface area contributed by atoms with Gasteiger partial charge in [-0.1, -0.05) is 0 Å². The van der Waals surface area contributed by atoms with Gasteiger partial charge in [0.25, 0.3) is 0 Å². The van der Waals surface area contributed by atoms with Gasteiger partial charge in [0.2, 0.25) is 0 Å². The first kappa shape index (κ1) is 11.4. The molecule has 0 spiro atoms. The van der Waals surface area contributed by atoms with E-state index in [1.807, 2.05) is 6.92 Å². The fourth-order valence-corrected chi connectivity index (χ4v) is 1.86. The standard InChI is InChI=1S/C13H14N2O2/c1-9-8-14(3)13(17)15(9)12-6-4-11(5-7-12)10(2)16/h4-8H,1-3H3. The monoisotopic (exact) mass is 230 g/mol. The van der Waals surface area contributed by atoms with Crippen LogP contribution in [-0.4, -0.2) is 14.9 Å². The number of Topliss-reactive ketones (excluding diaryl/α,β-unsaturated/α-hetero) is 1. The smallest absolute Gasteiger partial charge is 0.302 e. The van der Waals surface area contributed by atoms with Crippen LogP contribution in [0.15, 0.2) is 35.3 Å². The van der Waals surface area contributed by atoms with E-state index in [1.165, 1.54) is 11.5 Å². The van der Waals surface area contributed by atoms with Crippen molar-refractivity contribution in [2.45, 2.75) is 13.8 Å². The summed E-state index contributed by atoms with van der Waals surface area (Å²) < 4.78 is 3.15. The lowest BCUT2D eigenvalue weighted by atomic mass is 10.1. The maximum Gasteiger partial charge on any atom is 0.332 e. The third-order valence-corrected chi connectivity index (χ3v) is 2.76.